The lowest BCUT2D eigenvalue weighted by atomic mass is 10.1. The molecule has 4 heteroatoms. The van der Waals surface area contributed by atoms with Crippen LogP contribution >= 0.6 is 22.2 Å². The van der Waals surface area contributed by atoms with Crippen LogP contribution in [0, 0.1) is 0 Å². The second-order valence-corrected chi connectivity index (χ2v) is 8.45. The molecule has 0 bridgehead atoms. The average Bonchev–Trinajstić information content (AvgIpc) is 2.03. The second-order valence-electron chi connectivity index (χ2n) is 3.15. The van der Waals surface area contributed by atoms with Crippen LogP contribution in [0.25, 0.3) is 0 Å². The average molecular weight is 229 g/mol. The van der Waals surface area contributed by atoms with E-state index in [0.717, 1.165) is 13.0 Å². The highest BCUT2D eigenvalue weighted by Crippen LogP contribution is 2.22. The molecule has 0 saturated carbocycles. The van der Waals surface area contributed by atoms with E-state index in [2.05, 4.69) is 6.92 Å². The van der Waals surface area contributed by atoms with Gasteiger partial charge in [0.1, 0.15) is 0 Å². The molecule has 1 unspecified atom stereocenters. The Labute approximate surface area is 86.4 Å². The van der Waals surface area contributed by atoms with Crippen molar-refractivity contribution >= 4 is 29.6 Å². The van der Waals surface area contributed by atoms with Gasteiger partial charge in [0.05, 0.1) is 0 Å². The van der Waals surface area contributed by atoms with Crippen molar-refractivity contribution in [1.29, 1.82) is 0 Å². The molecule has 1 atom stereocenters. The number of rotatable bonds is 7. The summed E-state index contributed by atoms with van der Waals surface area (Å²) in [5, 5.41) is 0. The lowest BCUT2D eigenvalue weighted by Crippen LogP contribution is -2.02. The molecule has 0 radical (unpaired) electrons. The topological polar surface area (TPSA) is 9.23 Å². The summed E-state index contributed by atoms with van der Waals surface area (Å²) in [7, 11) is 0.329. The van der Waals surface area contributed by atoms with Crippen molar-refractivity contribution in [2.45, 2.75) is 38.1 Å². The van der Waals surface area contributed by atoms with Gasteiger partial charge in [0.15, 0.2) is 0 Å². The minimum Gasteiger partial charge on any atom is -0.385 e. The van der Waals surface area contributed by atoms with E-state index in [1.54, 1.807) is 7.11 Å². The maximum absolute atomic E-state index is 5.85. The number of hydrogen-bond acceptors (Lipinski definition) is 1. The van der Waals surface area contributed by atoms with Crippen LogP contribution in [0.1, 0.15) is 32.6 Å². The Hall–Kier alpha value is 0.757. The molecular weight excluding hydrogens is 211 g/mol. The van der Waals surface area contributed by atoms with E-state index in [0.29, 0.717) is 5.54 Å². The fourth-order valence-corrected chi connectivity index (χ4v) is 2.26. The summed E-state index contributed by atoms with van der Waals surface area (Å²) in [5.74, 6) is 0. The second kappa shape index (κ2) is 8.36. The number of unbranched alkanes of at least 4 members (excludes halogenated alkanes) is 2. The molecule has 0 aromatic rings. The zero-order valence-electron chi connectivity index (χ0n) is 7.85. The van der Waals surface area contributed by atoms with E-state index in [1.807, 2.05) is 0 Å². The summed E-state index contributed by atoms with van der Waals surface area (Å²) in [6.07, 6.45) is 4.79. The van der Waals surface area contributed by atoms with Crippen LogP contribution in [0.2, 0.25) is 5.54 Å². The standard InChI is InChI=1S/C8H18Cl2OSi/c1-8(12(9)10)6-4-3-5-7-11-2/h8,12H,3-7H2,1-2H3. The van der Waals surface area contributed by atoms with Crippen molar-refractivity contribution in [3.63, 3.8) is 0 Å². The van der Waals surface area contributed by atoms with Gasteiger partial charge in [-0.1, -0.05) is 26.2 Å². The van der Waals surface area contributed by atoms with E-state index in [4.69, 9.17) is 26.9 Å². The third-order valence-corrected chi connectivity index (χ3v) is 5.71. The van der Waals surface area contributed by atoms with Gasteiger partial charge in [-0.3, -0.25) is 0 Å². The lowest BCUT2D eigenvalue weighted by Gasteiger charge is -2.09. The first-order chi connectivity index (χ1) is 5.68. The summed E-state index contributed by atoms with van der Waals surface area (Å²) in [5.41, 5.74) is 0.552. The fraction of sp³-hybridized carbons (Fsp3) is 1.00. The van der Waals surface area contributed by atoms with Gasteiger partial charge in [-0.15, -0.1) is 0 Å². The predicted molar refractivity (Wildman–Crippen MR) is 58.6 cm³/mol. The Morgan fingerprint density at radius 1 is 1.25 bits per heavy atom. The highest BCUT2D eigenvalue weighted by Gasteiger charge is 2.12. The number of hydrogen-bond donors (Lipinski definition) is 0. The van der Waals surface area contributed by atoms with Gasteiger partial charge < -0.3 is 4.74 Å². The molecule has 0 aliphatic rings. The van der Waals surface area contributed by atoms with Crippen LogP contribution in [-0.4, -0.2) is 21.1 Å². The quantitative estimate of drug-likeness (QED) is 0.370. The maximum atomic E-state index is 5.85. The molecule has 0 aliphatic heterocycles. The third kappa shape index (κ3) is 7.41. The first-order valence-corrected chi connectivity index (χ1v) is 8.61. The van der Waals surface area contributed by atoms with Crippen LogP contribution in [0.4, 0.5) is 0 Å². The molecule has 0 spiro atoms. The van der Waals surface area contributed by atoms with Crippen molar-refractivity contribution in [2.24, 2.45) is 0 Å². The maximum Gasteiger partial charge on any atom is 0.239 e. The Morgan fingerprint density at radius 3 is 2.42 bits per heavy atom. The molecule has 12 heavy (non-hydrogen) atoms. The molecule has 0 fully saturated rings. The summed E-state index contributed by atoms with van der Waals surface area (Å²) in [6, 6.07) is 0. The predicted octanol–water partition coefficient (Wildman–Crippen LogP) is 3.28. The molecule has 0 heterocycles. The van der Waals surface area contributed by atoms with Crippen molar-refractivity contribution in [3.05, 3.63) is 0 Å². The van der Waals surface area contributed by atoms with Crippen LogP contribution < -0.4 is 0 Å². The number of methoxy groups -OCH3 is 1. The van der Waals surface area contributed by atoms with Crippen molar-refractivity contribution in [1.82, 2.24) is 0 Å². The van der Waals surface area contributed by atoms with Gasteiger partial charge in [0.2, 0.25) is 7.42 Å². The van der Waals surface area contributed by atoms with E-state index in [9.17, 15) is 0 Å². The largest absolute Gasteiger partial charge is 0.385 e. The van der Waals surface area contributed by atoms with E-state index in [1.165, 1.54) is 19.3 Å². The molecule has 1 nitrogen and oxygen atoms in total. The smallest absolute Gasteiger partial charge is 0.239 e. The zero-order chi connectivity index (χ0) is 9.40. The van der Waals surface area contributed by atoms with E-state index >= 15 is 0 Å². The fourth-order valence-electron chi connectivity index (χ4n) is 1.02. The Balaban J connectivity index is 3.08. The molecule has 0 aliphatic carbocycles. The third-order valence-electron chi connectivity index (χ3n) is 1.94. The number of ether oxygens (including phenoxy) is 1. The first-order valence-electron chi connectivity index (χ1n) is 4.45. The van der Waals surface area contributed by atoms with Gasteiger partial charge in [-0.05, 0) is 12.0 Å². The van der Waals surface area contributed by atoms with Crippen molar-refractivity contribution in [3.8, 4) is 0 Å². The minimum atomic E-state index is -1.41. The van der Waals surface area contributed by atoms with Crippen LogP contribution in [-0.2, 0) is 4.74 Å². The summed E-state index contributed by atoms with van der Waals surface area (Å²) >= 11 is 11.7. The molecule has 0 aromatic heterocycles. The highest BCUT2D eigenvalue weighted by molar-refractivity contribution is 7.34. The van der Waals surface area contributed by atoms with E-state index < -0.39 is 7.42 Å². The highest BCUT2D eigenvalue weighted by atomic mass is 35.7. The summed E-state index contributed by atoms with van der Waals surface area (Å²) in [6.45, 7) is 3.02. The molecule has 0 saturated heterocycles. The van der Waals surface area contributed by atoms with Gasteiger partial charge >= 0.3 is 0 Å². The molecule has 0 aromatic carbocycles. The van der Waals surface area contributed by atoms with E-state index in [-0.39, 0.29) is 0 Å². The van der Waals surface area contributed by atoms with Crippen molar-refractivity contribution < 1.29 is 4.74 Å². The molecular formula is C8H18Cl2OSi. The monoisotopic (exact) mass is 228 g/mol. The Morgan fingerprint density at radius 2 is 1.92 bits per heavy atom. The van der Waals surface area contributed by atoms with Crippen LogP contribution in [0.5, 0.6) is 0 Å². The Kier molecular flexibility index (Phi) is 8.89. The van der Waals surface area contributed by atoms with Gasteiger partial charge in [0.25, 0.3) is 0 Å². The zero-order valence-corrected chi connectivity index (χ0v) is 10.5. The Bertz CT molecular complexity index is 101. The van der Waals surface area contributed by atoms with Crippen molar-refractivity contribution in [2.75, 3.05) is 13.7 Å². The number of halogens is 2. The van der Waals surface area contributed by atoms with Gasteiger partial charge in [-0.25, -0.2) is 0 Å². The first kappa shape index (κ1) is 12.8. The van der Waals surface area contributed by atoms with Gasteiger partial charge in [0, 0.05) is 13.7 Å². The summed E-state index contributed by atoms with van der Waals surface area (Å²) in [4.78, 5) is 0. The summed E-state index contributed by atoms with van der Waals surface area (Å²) < 4.78 is 4.95. The lowest BCUT2D eigenvalue weighted by molar-refractivity contribution is 0.192. The normalized spacial score (nSPS) is 13.8. The van der Waals surface area contributed by atoms with Gasteiger partial charge in [-0.2, -0.15) is 22.2 Å². The van der Waals surface area contributed by atoms with Crippen LogP contribution in [0.3, 0.4) is 0 Å². The molecule has 0 amide bonds. The minimum absolute atomic E-state index is 0.552. The molecule has 74 valence electrons. The molecule has 0 N–H and O–H groups in total. The SMILES string of the molecule is COCCCCCC(C)[SiH](Cl)Cl. The van der Waals surface area contributed by atoms with Crippen LogP contribution in [0.15, 0.2) is 0 Å². The molecule has 0 rings (SSSR count).